The smallest absolute Gasteiger partial charge is 0.236 e. The highest BCUT2D eigenvalue weighted by Gasteiger charge is 2.49. The van der Waals surface area contributed by atoms with Crippen molar-refractivity contribution in [2.24, 2.45) is 11.3 Å². The van der Waals surface area contributed by atoms with Crippen molar-refractivity contribution in [3.05, 3.63) is 0 Å². The Balaban J connectivity index is 2.01. The molecule has 1 saturated heterocycles. The van der Waals surface area contributed by atoms with Gasteiger partial charge in [-0.3, -0.25) is 4.79 Å². The molecule has 15 heavy (non-hydrogen) atoms. The number of carbonyl (C=O) groups excluding carboxylic acids is 1. The number of rotatable bonds is 3. The summed E-state index contributed by atoms with van der Waals surface area (Å²) in [5.41, 5.74) is 0.0312. The Kier molecular flexibility index (Phi) is 2.98. The third-order valence-electron chi connectivity index (χ3n) is 4.04. The molecule has 1 amide bonds. The van der Waals surface area contributed by atoms with E-state index in [9.17, 15) is 9.90 Å². The summed E-state index contributed by atoms with van der Waals surface area (Å²) in [6.07, 6.45) is 3.46. The minimum Gasteiger partial charge on any atom is -0.396 e. The molecule has 2 atom stereocenters. The van der Waals surface area contributed by atoms with Gasteiger partial charge in [0.1, 0.15) is 0 Å². The first-order valence-corrected chi connectivity index (χ1v) is 5.75. The van der Waals surface area contributed by atoms with E-state index in [4.69, 9.17) is 0 Å². The molecule has 0 aromatic heterocycles. The first-order valence-electron chi connectivity index (χ1n) is 5.75. The van der Waals surface area contributed by atoms with E-state index in [1.165, 1.54) is 12.8 Å². The third kappa shape index (κ3) is 1.76. The SMILES string of the molecule is CNCC(=O)N1C[C@@H]2CCC[C@@]2(CO)C1. The predicted octanol–water partition coefficient (Wildman–Crippen LogP) is -0.173. The first-order chi connectivity index (χ1) is 7.22. The van der Waals surface area contributed by atoms with Crippen LogP contribution >= 0.6 is 0 Å². The van der Waals surface area contributed by atoms with Crippen LogP contribution in [0.1, 0.15) is 19.3 Å². The Bertz CT molecular complexity index is 257. The van der Waals surface area contributed by atoms with Gasteiger partial charge in [0.2, 0.25) is 5.91 Å². The number of carbonyl (C=O) groups is 1. The lowest BCUT2D eigenvalue weighted by Crippen LogP contribution is -2.38. The van der Waals surface area contributed by atoms with Gasteiger partial charge < -0.3 is 15.3 Å². The van der Waals surface area contributed by atoms with Crippen LogP contribution in [0.15, 0.2) is 0 Å². The highest BCUT2D eigenvalue weighted by molar-refractivity contribution is 5.78. The molecule has 86 valence electrons. The van der Waals surface area contributed by atoms with E-state index in [1.807, 2.05) is 4.90 Å². The van der Waals surface area contributed by atoms with Crippen molar-refractivity contribution < 1.29 is 9.90 Å². The van der Waals surface area contributed by atoms with Gasteiger partial charge in [0, 0.05) is 18.5 Å². The average Bonchev–Trinajstić information content (AvgIpc) is 2.73. The molecule has 2 fully saturated rings. The summed E-state index contributed by atoms with van der Waals surface area (Å²) in [6, 6.07) is 0. The second-order valence-corrected chi connectivity index (χ2v) is 4.91. The van der Waals surface area contributed by atoms with Crippen LogP contribution in [-0.4, -0.2) is 49.2 Å². The molecular formula is C11H20N2O2. The van der Waals surface area contributed by atoms with E-state index in [0.717, 1.165) is 19.5 Å². The number of likely N-dealkylation sites (N-methyl/N-ethyl adjacent to an activating group) is 1. The normalized spacial score (nSPS) is 34.5. The van der Waals surface area contributed by atoms with Crippen molar-refractivity contribution in [2.45, 2.75) is 19.3 Å². The molecule has 2 aliphatic rings. The van der Waals surface area contributed by atoms with E-state index in [0.29, 0.717) is 12.5 Å². The number of hydrogen-bond donors (Lipinski definition) is 2. The fourth-order valence-electron chi connectivity index (χ4n) is 3.13. The first kappa shape index (κ1) is 10.9. The third-order valence-corrected chi connectivity index (χ3v) is 4.04. The molecule has 2 rings (SSSR count). The number of nitrogens with one attached hydrogen (secondary N) is 1. The number of hydrogen-bond acceptors (Lipinski definition) is 3. The molecule has 4 nitrogen and oxygen atoms in total. The highest BCUT2D eigenvalue weighted by atomic mass is 16.3. The molecule has 0 unspecified atom stereocenters. The monoisotopic (exact) mass is 212 g/mol. The van der Waals surface area contributed by atoms with Gasteiger partial charge in [-0.15, -0.1) is 0 Å². The fraction of sp³-hybridized carbons (Fsp3) is 0.909. The molecule has 2 N–H and O–H groups in total. The molecule has 0 radical (unpaired) electrons. The Hall–Kier alpha value is -0.610. The molecule has 1 aliphatic carbocycles. The van der Waals surface area contributed by atoms with Gasteiger partial charge >= 0.3 is 0 Å². The van der Waals surface area contributed by atoms with Gasteiger partial charge in [-0.05, 0) is 25.8 Å². The Morgan fingerprint density at radius 1 is 1.67 bits per heavy atom. The zero-order valence-corrected chi connectivity index (χ0v) is 9.33. The van der Waals surface area contributed by atoms with E-state index in [2.05, 4.69) is 5.32 Å². The zero-order valence-electron chi connectivity index (χ0n) is 9.33. The van der Waals surface area contributed by atoms with Crippen LogP contribution in [0.3, 0.4) is 0 Å². The Morgan fingerprint density at radius 3 is 3.07 bits per heavy atom. The minimum atomic E-state index is 0.0312. The Labute approximate surface area is 90.6 Å². The molecule has 1 saturated carbocycles. The number of likely N-dealkylation sites (tertiary alicyclic amines) is 1. The van der Waals surface area contributed by atoms with Crippen LogP contribution in [0.25, 0.3) is 0 Å². The van der Waals surface area contributed by atoms with Crippen LogP contribution in [0, 0.1) is 11.3 Å². The molecule has 0 aromatic rings. The standard InChI is InChI=1S/C11H20N2O2/c1-12-5-10(15)13-6-9-3-2-4-11(9,7-13)8-14/h9,12,14H,2-8H2,1H3/t9-,11-/m0/s1. The number of amides is 1. The summed E-state index contributed by atoms with van der Waals surface area (Å²) < 4.78 is 0. The number of fused-ring (bicyclic) bond motifs is 1. The maximum Gasteiger partial charge on any atom is 0.236 e. The summed E-state index contributed by atoms with van der Waals surface area (Å²) in [4.78, 5) is 13.6. The maximum absolute atomic E-state index is 11.7. The van der Waals surface area contributed by atoms with Gasteiger partial charge in [0.25, 0.3) is 0 Å². The lowest BCUT2D eigenvalue weighted by molar-refractivity contribution is -0.129. The molecule has 1 aliphatic heterocycles. The van der Waals surface area contributed by atoms with Gasteiger partial charge in [-0.25, -0.2) is 0 Å². The summed E-state index contributed by atoms with van der Waals surface area (Å²) in [6.45, 7) is 2.25. The van der Waals surface area contributed by atoms with Crippen molar-refractivity contribution >= 4 is 5.91 Å². The quantitative estimate of drug-likeness (QED) is 0.683. The number of nitrogens with zero attached hydrogens (tertiary/aromatic N) is 1. The van der Waals surface area contributed by atoms with Crippen LogP contribution in [0.4, 0.5) is 0 Å². The highest BCUT2D eigenvalue weighted by Crippen LogP contribution is 2.48. The Morgan fingerprint density at radius 2 is 2.47 bits per heavy atom. The van der Waals surface area contributed by atoms with Crippen molar-refractivity contribution in [1.29, 1.82) is 0 Å². The van der Waals surface area contributed by atoms with Gasteiger partial charge in [0.15, 0.2) is 0 Å². The van der Waals surface area contributed by atoms with E-state index in [-0.39, 0.29) is 17.9 Å². The molecule has 0 spiro atoms. The summed E-state index contributed by atoms with van der Waals surface area (Å²) in [5.74, 6) is 0.697. The lowest BCUT2D eigenvalue weighted by atomic mass is 9.82. The maximum atomic E-state index is 11.7. The van der Waals surface area contributed by atoms with Gasteiger partial charge in [-0.1, -0.05) is 6.42 Å². The molecule has 4 heteroatoms. The van der Waals surface area contributed by atoms with Crippen molar-refractivity contribution in [1.82, 2.24) is 10.2 Å². The van der Waals surface area contributed by atoms with Crippen molar-refractivity contribution in [3.63, 3.8) is 0 Å². The second kappa shape index (κ2) is 4.10. The predicted molar refractivity (Wildman–Crippen MR) is 57.4 cm³/mol. The van der Waals surface area contributed by atoms with Crippen LogP contribution in [0.2, 0.25) is 0 Å². The summed E-state index contributed by atoms with van der Waals surface area (Å²) in [7, 11) is 1.79. The van der Waals surface area contributed by atoms with Crippen LogP contribution in [0.5, 0.6) is 0 Å². The molecule has 0 aromatic carbocycles. The number of aliphatic hydroxyl groups is 1. The summed E-state index contributed by atoms with van der Waals surface area (Å²) >= 11 is 0. The number of aliphatic hydroxyl groups excluding tert-OH is 1. The molecule has 1 heterocycles. The van der Waals surface area contributed by atoms with E-state index < -0.39 is 0 Å². The van der Waals surface area contributed by atoms with Crippen LogP contribution in [-0.2, 0) is 4.79 Å². The minimum absolute atomic E-state index is 0.0312. The topological polar surface area (TPSA) is 52.6 Å². The zero-order chi connectivity index (χ0) is 10.9. The second-order valence-electron chi connectivity index (χ2n) is 4.91. The van der Waals surface area contributed by atoms with Gasteiger partial charge in [0.05, 0.1) is 13.2 Å². The summed E-state index contributed by atoms with van der Waals surface area (Å²) in [5, 5.41) is 12.4. The largest absolute Gasteiger partial charge is 0.396 e. The fourth-order valence-corrected chi connectivity index (χ4v) is 3.13. The van der Waals surface area contributed by atoms with E-state index >= 15 is 0 Å². The van der Waals surface area contributed by atoms with Gasteiger partial charge in [-0.2, -0.15) is 0 Å². The van der Waals surface area contributed by atoms with Crippen LogP contribution < -0.4 is 5.32 Å². The van der Waals surface area contributed by atoms with Crippen molar-refractivity contribution in [3.8, 4) is 0 Å². The van der Waals surface area contributed by atoms with Crippen molar-refractivity contribution in [2.75, 3.05) is 33.3 Å². The average molecular weight is 212 g/mol. The molecular weight excluding hydrogens is 192 g/mol. The lowest BCUT2D eigenvalue weighted by Gasteiger charge is -2.25. The molecule has 0 bridgehead atoms. The van der Waals surface area contributed by atoms with E-state index in [1.54, 1.807) is 7.05 Å².